The van der Waals surface area contributed by atoms with E-state index in [-0.39, 0.29) is 35.3 Å². The quantitative estimate of drug-likeness (QED) is 0.473. The number of hydrogen-bond acceptors (Lipinski definition) is 4. The second-order valence-corrected chi connectivity index (χ2v) is 7.20. The Morgan fingerprint density at radius 3 is 2.45 bits per heavy atom. The molecular formula is C24H21ClFNO4. The molecule has 0 saturated heterocycles. The maximum Gasteiger partial charge on any atom is 0.260 e. The Morgan fingerprint density at radius 1 is 1.03 bits per heavy atom. The monoisotopic (exact) mass is 441 g/mol. The van der Waals surface area contributed by atoms with Crippen molar-refractivity contribution in [3.8, 4) is 11.5 Å². The molecule has 0 aliphatic heterocycles. The molecule has 0 heterocycles. The van der Waals surface area contributed by atoms with Gasteiger partial charge >= 0.3 is 0 Å². The molecule has 0 saturated carbocycles. The normalized spacial score (nSPS) is 10.5. The largest absolute Gasteiger partial charge is 0.497 e. The van der Waals surface area contributed by atoms with E-state index in [9.17, 15) is 14.0 Å². The van der Waals surface area contributed by atoms with Gasteiger partial charge in [0.15, 0.2) is 12.4 Å². The van der Waals surface area contributed by atoms with Gasteiger partial charge in [0.05, 0.1) is 12.7 Å². The molecule has 0 aromatic heterocycles. The van der Waals surface area contributed by atoms with Crippen LogP contribution < -0.4 is 9.47 Å². The molecule has 0 atom stereocenters. The summed E-state index contributed by atoms with van der Waals surface area (Å²) < 4.78 is 24.9. The Hall–Kier alpha value is -3.38. The third-order valence-electron chi connectivity index (χ3n) is 4.70. The van der Waals surface area contributed by atoms with E-state index in [1.165, 1.54) is 31.2 Å². The highest BCUT2D eigenvalue weighted by molar-refractivity contribution is 6.31. The first-order chi connectivity index (χ1) is 14.9. The van der Waals surface area contributed by atoms with Crippen LogP contribution in [0.3, 0.4) is 0 Å². The van der Waals surface area contributed by atoms with Crippen molar-refractivity contribution in [2.45, 2.75) is 6.54 Å². The first kappa shape index (κ1) is 22.3. The predicted octanol–water partition coefficient (Wildman–Crippen LogP) is 4.76. The number of rotatable bonds is 8. The lowest BCUT2D eigenvalue weighted by atomic mass is 10.0. The number of hydrogen-bond donors (Lipinski definition) is 0. The highest BCUT2D eigenvalue weighted by Crippen LogP contribution is 2.27. The summed E-state index contributed by atoms with van der Waals surface area (Å²) in [6.45, 7) is -0.355. The Morgan fingerprint density at radius 2 is 1.77 bits per heavy atom. The number of methoxy groups -OCH3 is 1. The van der Waals surface area contributed by atoms with Gasteiger partial charge < -0.3 is 14.4 Å². The van der Waals surface area contributed by atoms with Crippen molar-refractivity contribution < 1.29 is 23.5 Å². The van der Waals surface area contributed by atoms with Crippen LogP contribution >= 0.6 is 11.6 Å². The van der Waals surface area contributed by atoms with E-state index >= 15 is 0 Å². The molecule has 5 nitrogen and oxygen atoms in total. The maximum atomic E-state index is 14.0. The lowest BCUT2D eigenvalue weighted by Gasteiger charge is -2.19. The molecule has 0 aliphatic rings. The van der Waals surface area contributed by atoms with Gasteiger partial charge in [0.25, 0.3) is 5.91 Å². The molecular weight excluding hydrogens is 421 g/mol. The molecule has 1 amide bonds. The summed E-state index contributed by atoms with van der Waals surface area (Å²) in [4.78, 5) is 26.8. The summed E-state index contributed by atoms with van der Waals surface area (Å²) in [6.07, 6.45) is 0. The SMILES string of the molecule is COc1ccc(C(=O)c2ccccc2)c(OCC(=O)N(C)Cc2c(F)cccc2Cl)c1. The molecule has 160 valence electrons. The van der Waals surface area contributed by atoms with Crippen LogP contribution in [-0.4, -0.2) is 37.4 Å². The fourth-order valence-corrected chi connectivity index (χ4v) is 3.16. The third kappa shape index (κ3) is 5.41. The summed E-state index contributed by atoms with van der Waals surface area (Å²) in [5, 5.41) is 0.240. The molecule has 0 radical (unpaired) electrons. The van der Waals surface area contributed by atoms with Crippen LogP contribution in [0.4, 0.5) is 4.39 Å². The zero-order valence-corrected chi connectivity index (χ0v) is 17.9. The molecule has 3 aromatic rings. The van der Waals surface area contributed by atoms with Crippen molar-refractivity contribution in [3.05, 3.63) is 94.3 Å². The molecule has 0 fully saturated rings. The summed E-state index contributed by atoms with van der Waals surface area (Å²) in [5.74, 6) is -0.425. The van der Waals surface area contributed by atoms with E-state index in [4.69, 9.17) is 21.1 Å². The van der Waals surface area contributed by atoms with Crippen molar-refractivity contribution in [1.29, 1.82) is 0 Å². The van der Waals surface area contributed by atoms with Crippen LogP contribution in [0, 0.1) is 5.82 Å². The molecule has 0 unspecified atom stereocenters. The molecule has 0 spiro atoms. The van der Waals surface area contributed by atoms with Gasteiger partial charge in [-0.2, -0.15) is 0 Å². The number of ketones is 1. The number of benzene rings is 3. The minimum absolute atomic E-state index is 0.0123. The summed E-state index contributed by atoms with van der Waals surface area (Å²) in [6, 6.07) is 17.9. The lowest BCUT2D eigenvalue weighted by molar-refractivity contribution is -0.132. The number of amides is 1. The first-order valence-corrected chi connectivity index (χ1v) is 9.86. The van der Waals surface area contributed by atoms with E-state index < -0.39 is 11.7 Å². The van der Waals surface area contributed by atoms with Gasteiger partial charge in [0, 0.05) is 35.8 Å². The van der Waals surface area contributed by atoms with Gasteiger partial charge in [0.2, 0.25) is 0 Å². The first-order valence-electron chi connectivity index (χ1n) is 9.48. The van der Waals surface area contributed by atoms with Gasteiger partial charge in [-0.3, -0.25) is 9.59 Å². The van der Waals surface area contributed by atoms with Crippen LogP contribution in [0.5, 0.6) is 11.5 Å². The highest BCUT2D eigenvalue weighted by Gasteiger charge is 2.19. The van der Waals surface area contributed by atoms with E-state index in [1.807, 2.05) is 6.07 Å². The summed E-state index contributed by atoms with van der Waals surface area (Å²) in [5.41, 5.74) is 1.02. The van der Waals surface area contributed by atoms with Gasteiger partial charge in [-0.25, -0.2) is 4.39 Å². The van der Waals surface area contributed by atoms with Crippen LogP contribution in [0.1, 0.15) is 21.5 Å². The number of nitrogens with zero attached hydrogens (tertiary/aromatic N) is 1. The van der Waals surface area contributed by atoms with Crippen LogP contribution in [-0.2, 0) is 11.3 Å². The van der Waals surface area contributed by atoms with E-state index in [1.54, 1.807) is 48.5 Å². The lowest BCUT2D eigenvalue weighted by Crippen LogP contribution is -2.31. The molecule has 3 rings (SSSR count). The minimum atomic E-state index is -0.489. The van der Waals surface area contributed by atoms with Crippen molar-refractivity contribution in [1.82, 2.24) is 4.90 Å². The fraction of sp³-hybridized carbons (Fsp3) is 0.167. The van der Waals surface area contributed by atoms with Crippen molar-refractivity contribution in [3.63, 3.8) is 0 Å². The zero-order valence-electron chi connectivity index (χ0n) is 17.1. The topological polar surface area (TPSA) is 55.8 Å². The standard InChI is InChI=1S/C24H21ClFNO4/c1-27(14-19-20(25)9-6-10-21(19)26)23(28)15-31-22-13-17(30-2)11-12-18(22)24(29)16-7-4-3-5-8-16/h3-13H,14-15H2,1-2H3. The number of carbonyl (C=O) groups excluding carboxylic acids is 2. The molecule has 31 heavy (non-hydrogen) atoms. The van der Waals surface area contributed by atoms with Gasteiger partial charge in [-0.15, -0.1) is 0 Å². The Kier molecular flexibility index (Phi) is 7.26. The second kappa shape index (κ2) is 10.1. The van der Waals surface area contributed by atoms with Gasteiger partial charge in [0.1, 0.15) is 17.3 Å². The predicted molar refractivity (Wildman–Crippen MR) is 116 cm³/mol. The van der Waals surface area contributed by atoms with E-state index in [0.717, 1.165) is 0 Å². The minimum Gasteiger partial charge on any atom is -0.497 e. The van der Waals surface area contributed by atoms with Gasteiger partial charge in [-0.05, 0) is 24.3 Å². The number of likely N-dealkylation sites (N-methyl/N-ethyl adjacent to an activating group) is 1. The maximum absolute atomic E-state index is 14.0. The summed E-state index contributed by atoms with van der Waals surface area (Å²) in [7, 11) is 3.02. The van der Waals surface area contributed by atoms with Crippen molar-refractivity contribution in [2.75, 3.05) is 20.8 Å². The van der Waals surface area contributed by atoms with E-state index in [0.29, 0.717) is 16.9 Å². The molecule has 7 heteroatoms. The molecule has 0 bridgehead atoms. The third-order valence-corrected chi connectivity index (χ3v) is 5.06. The number of halogens is 2. The average Bonchev–Trinajstić information content (AvgIpc) is 2.79. The van der Waals surface area contributed by atoms with E-state index in [2.05, 4.69) is 0 Å². The molecule has 3 aromatic carbocycles. The zero-order chi connectivity index (χ0) is 22.4. The van der Waals surface area contributed by atoms with Crippen molar-refractivity contribution >= 4 is 23.3 Å². The van der Waals surface area contributed by atoms with Crippen LogP contribution in [0.2, 0.25) is 5.02 Å². The molecule has 0 aliphatic carbocycles. The Balaban J connectivity index is 1.75. The number of carbonyl (C=O) groups is 2. The smallest absolute Gasteiger partial charge is 0.260 e. The Bertz CT molecular complexity index is 1070. The highest BCUT2D eigenvalue weighted by atomic mass is 35.5. The fourth-order valence-electron chi connectivity index (χ4n) is 2.94. The van der Waals surface area contributed by atoms with Crippen LogP contribution in [0.25, 0.3) is 0 Å². The van der Waals surface area contributed by atoms with Gasteiger partial charge in [-0.1, -0.05) is 48.0 Å². The summed E-state index contributed by atoms with van der Waals surface area (Å²) >= 11 is 6.04. The Labute approximate surface area is 185 Å². The second-order valence-electron chi connectivity index (χ2n) is 6.80. The molecule has 0 N–H and O–H groups in total. The van der Waals surface area contributed by atoms with Crippen molar-refractivity contribution in [2.24, 2.45) is 0 Å². The number of ether oxygens (including phenoxy) is 2. The van der Waals surface area contributed by atoms with Crippen LogP contribution in [0.15, 0.2) is 66.7 Å². The average molecular weight is 442 g/mol.